The number of ether oxygens (including phenoxy) is 1. The molecule has 0 fully saturated rings. The Morgan fingerprint density at radius 2 is 1.85 bits per heavy atom. The first kappa shape index (κ1) is 19.3. The minimum atomic E-state index is -0.146. The van der Waals surface area contributed by atoms with E-state index >= 15 is 0 Å². The van der Waals surface area contributed by atoms with E-state index in [1.807, 2.05) is 37.3 Å². The van der Waals surface area contributed by atoms with Crippen molar-refractivity contribution in [1.82, 2.24) is 10.6 Å². The van der Waals surface area contributed by atoms with Gasteiger partial charge in [0.2, 0.25) is 5.91 Å². The standard InChI is InChI=1S/C20H25N3O3/c1-14-16(20(25)21-2)8-6-9-17(14)23-13-19(24)22-12-11-15-7-4-5-10-18(15)26-3/h4-10,23H,11-13H2,1-3H3,(H,21,25)(H,22,24). The van der Waals surface area contributed by atoms with E-state index in [4.69, 9.17) is 4.74 Å². The number of methoxy groups -OCH3 is 1. The SMILES string of the molecule is CNC(=O)c1cccc(NCC(=O)NCCc2ccccc2OC)c1C. The smallest absolute Gasteiger partial charge is 0.251 e. The molecule has 0 heterocycles. The molecule has 2 amide bonds. The Kier molecular flexibility index (Phi) is 7.02. The van der Waals surface area contributed by atoms with Crippen molar-refractivity contribution < 1.29 is 14.3 Å². The van der Waals surface area contributed by atoms with Gasteiger partial charge in [0, 0.05) is 24.8 Å². The van der Waals surface area contributed by atoms with Crippen molar-refractivity contribution in [2.24, 2.45) is 0 Å². The number of hydrogen-bond donors (Lipinski definition) is 3. The third-order valence-electron chi connectivity index (χ3n) is 4.15. The molecule has 0 saturated carbocycles. The largest absolute Gasteiger partial charge is 0.496 e. The molecule has 138 valence electrons. The summed E-state index contributed by atoms with van der Waals surface area (Å²) in [7, 11) is 3.23. The summed E-state index contributed by atoms with van der Waals surface area (Å²) < 4.78 is 5.30. The first-order valence-electron chi connectivity index (χ1n) is 8.51. The Hall–Kier alpha value is -3.02. The fourth-order valence-electron chi connectivity index (χ4n) is 2.69. The second-order valence-corrected chi connectivity index (χ2v) is 5.82. The minimum absolute atomic E-state index is 0.107. The zero-order valence-corrected chi connectivity index (χ0v) is 15.4. The molecule has 6 nitrogen and oxygen atoms in total. The van der Waals surface area contributed by atoms with Crippen LogP contribution in [0.3, 0.4) is 0 Å². The number of hydrogen-bond acceptors (Lipinski definition) is 4. The molecule has 6 heteroatoms. The van der Waals surface area contributed by atoms with Gasteiger partial charge in [0.1, 0.15) is 5.75 Å². The fraction of sp³-hybridized carbons (Fsp3) is 0.300. The lowest BCUT2D eigenvalue weighted by Gasteiger charge is -2.13. The molecule has 0 aliphatic rings. The van der Waals surface area contributed by atoms with E-state index in [1.165, 1.54) is 0 Å². The van der Waals surface area contributed by atoms with Crippen molar-refractivity contribution >= 4 is 17.5 Å². The Labute approximate surface area is 153 Å². The second kappa shape index (κ2) is 9.46. The normalized spacial score (nSPS) is 10.1. The third kappa shape index (κ3) is 4.99. The summed E-state index contributed by atoms with van der Waals surface area (Å²) in [6, 6.07) is 13.2. The van der Waals surface area contributed by atoms with Crippen molar-refractivity contribution in [2.75, 3.05) is 32.6 Å². The second-order valence-electron chi connectivity index (χ2n) is 5.82. The lowest BCUT2D eigenvalue weighted by Crippen LogP contribution is -2.31. The summed E-state index contributed by atoms with van der Waals surface area (Å²) in [5.74, 6) is 0.568. The number of para-hydroxylation sites is 1. The molecule has 26 heavy (non-hydrogen) atoms. The minimum Gasteiger partial charge on any atom is -0.496 e. The van der Waals surface area contributed by atoms with Gasteiger partial charge in [0.25, 0.3) is 5.91 Å². The van der Waals surface area contributed by atoms with Gasteiger partial charge >= 0.3 is 0 Å². The number of carbonyl (C=O) groups excluding carboxylic acids is 2. The lowest BCUT2D eigenvalue weighted by atomic mass is 10.1. The van der Waals surface area contributed by atoms with Crippen LogP contribution in [0.25, 0.3) is 0 Å². The maximum Gasteiger partial charge on any atom is 0.251 e. The van der Waals surface area contributed by atoms with Crippen LogP contribution in [0.4, 0.5) is 5.69 Å². The van der Waals surface area contributed by atoms with E-state index in [2.05, 4.69) is 16.0 Å². The van der Waals surface area contributed by atoms with Gasteiger partial charge in [-0.3, -0.25) is 9.59 Å². The van der Waals surface area contributed by atoms with Crippen molar-refractivity contribution in [3.8, 4) is 5.75 Å². The molecule has 0 bridgehead atoms. The Morgan fingerprint density at radius 3 is 2.58 bits per heavy atom. The molecule has 0 aliphatic heterocycles. The van der Waals surface area contributed by atoms with Gasteiger partial charge in [0.15, 0.2) is 0 Å². The van der Waals surface area contributed by atoms with Crippen LogP contribution < -0.4 is 20.7 Å². The number of anilines is 1. The molecule has 0 unspecified atom stereocenters. The molecular weight excluding hydrogens is 330 g/mol. The van der Waals surface area contributed by atoms with Crippen LogP contribution in [-0.2, 0) is 11.2 Å². The molecule has 2 aromatic rings. The molecule has 0 atom stereocenters. The number of rotatable bonds is 8. The lowest BCUT2D eigenvalue weighted by molar-refractivity contribution is -0.119. The van der Waals surface area contributed by atoms with Crippen LogP contribution in [0.15, 0.2) is 42.5 Å². The molecular formula is C20H25N3O3. The molecule has 0 spiro atoms. The Bertz CT molecular complexity index is 775. The molecule has 3 N–H and O–H groups in total. The van der Waals surface area contributed by atoms with E-state index in [1.54, 1.807) is 26.3 Å². The van der Waals surface area contributed by atoms with E-state index in [9.17, 15) is 9.59 Å². The van der Waals surface area contributed by atoms with Crippen LogP contribution in [-0.4, -0.2) is 39.1 Å². The average Bonchev–Trinajstić information content (AvgIpc) is 2.67. The summed E-state index contributed by atoms with van der Waals surface area (Å²) in [4.78, 5) is 23.9. The molecule has 0 aromatic heterocycles. The van der Waals surface area contributed by atoms with Crippen molar-refractivity contribution in [1.29, 1.82) is 0 Å². The molecule has 2 rings (SSSR count). The van der Waals surface area contributed by atoms with Gasteiger partial charge in [-0.1, -0.05) is 24.3 Å². The molecule has 0 saturated heterocycles. The van der Waals surface area contributed by atoms with E-state index in [0.717, 1.165) is 22.6 Å². The molecule has 0 radical (unpaired) electrons. The zero-order valence-electron chi connectivity index (χ0n) is 15.4. The number of amides is 2. The van der Waals surface area contributed by atoms with E-state index < -0.39 is 0 Å². The predicted octanol–water partition coefficient (Wildman–Crippen LogP) is 2.13. The predicted molar refractivity (Wildman–Crippen MR) is 103 cm³/mol. The van der Waals surface area contributed by atoms with Gasteiger partial charge in [-0.15, -0.1) is 0 Å². The monoisotopic (exact) mass is 355 g/mol. The highest BCUT2D eigenvalue weighted by molar-refractivity contribution is 5.97. The summed E-state index contributed by atoms with van der Waals surface area (Å²) >= 11 is 0. The quantitative estimate of drug-likeness (QED) is 0.678. The van der Waals surface area contributed by atoms with Gasteiger partial charge in [-0.05, 0) is 42.7 Å². The maximum atomic E-state index is 12.1. The zero-order chi connectivity index (χ0) is 18.9. The van der Waals surface area contributed by atoms with Gasteiger partial charge < -0.3 is 20.7 Å². The Balaban J connectivity index is 1.85. The van der Waals surface area contributed by atoms with E-state index in [0.29, 0.717) is 18.5 Å². The topological polar surface area (TPSA) is 79.5 Å². The highest BCUT2D eigenvalue weighted by Crippen LogP contribution is 2.19. The average molecular weight is 355 g/mol. The van der Waals surface area contributed by atoms with E-state index in [-0.39, 0.29) is 18.4 Å². The molecule has 2 aromatic carbocycles. The van der Waals surface area contributed by atoms with Gasteiger partial charge in [-0.2, -0.15) is 0 Å². The number of nitrogens with one attached hydrogen (secondary N) is 3. The van der Waals surface area contributed by atoms with Crippen LogP contribution >= 0.6 is 0 Å². The number of carbonyl (C=O) groups is 2. The summed E-state index contributed by atoms with van der Waals surface area (Å²) in [6.45, 7) is 2.52. The fourth-order valence-corrected chi connectivity index (χ4v) is 2.69. The summed E-state index contributed by atoms with van der Waals surface area (Å²) in [6.07, 6.45) is 0.695. The van der Waals surface area contributed by atoms with Crippen LogP contribution in [0.1, 0.15) is 21.5 Å². The van der Waals surface area contributed by atoms with Crippen molar-refractivity contribution in [3.63, 3.8) is 0 Å². The molecule has 0 aliphatic carbocycles. The van der Waals surface area contributed by atoms with Crippen LogP contribution in [0, 0.1) is 6.92 Å². The third-order valence-corrected chi connectivity index (χ3v) is 4.15. The summed E-state index contributed by atoms with van der Waals surface area (Å²) in [5.41, 5.74) is 3.23. The van der Waals surface area contributed by atoms with Crippen molar-refractivity contribution in [3.05, 3.63) is 59.2 Å². The first-order chi connectivity index (χ1) is 12.6. The Morgan fingerprint density at radius 1 is 1.08 bits per heavy atom. The van der Waals surface area contributed by atoms with Crippen LogP contribution in [0.2, 0.25) is 0 Å². The highest BCUT2D eigenvalue weighted by atomic mass is 16.5. The highest BCUT2D eigenvalue weighted by Gasteiger charge is 2.11. The maximum absolute atomic E-state index is 12.1. The summed E-state index contributed by atoms with van der Waals surface area (Å²) in [5, 5.41) is 8.58. The van der Waals surface area contributed by atoms with Gasteiger partial charge in [-0.25, -0.2) is 0 Å². The first-order valence-corrected chi connectivity index (χ1v) is 8.51. The van der Waals surface area contributed by atoms with Crippen LogP contribution in [0.5, 0.6) is 5.75 Å². The van der Waals surface area contributed by atoms with Gasteiger partial charge in [0.05, 0.1) is 13.7 Å². The van der Waals surface area contributed by atoms with Crippen molar-refractivity contribution in [2.45, 2.75) is 13.3 Å². The number of benzene rings is 2.